The second-order valence-corrected chi connectivity index (χ2v) is 12.8. The lowest BCUT2D eigenvalue weighted by Crippen LogP contribution is -2.16. The van der Waals surface area contributed by atoms with Crippen LogP contribution >= 0.6 is 0 Å². The van der Waals surface area contributed by atoms with Crippen LogP contribution in [0.2, 0.25) is 0 Å². The molecule has 10 rings (SSSR count). The molecule has 0 spiro atoms. The van der Waals surface area contributed by atoms with Crippen LogP contribution < -0.4 is 4.90 Å². The molecule has 0 saturated carbocycles. The number of aromatic nitrogens is 3. The molecule has 1 aromatic heterocycles. The third kappa shape index (κ3) is 4.88. The maximum Gasteiger partial charge on any atom is 0.164 e. The fraction of sp³-hybridized carbons (Fsp3) is 0. The van der Waals surface area contributed by atoms with Crippen molar-refractivity contribution in [2.45, 2.75) is 0 Å². The van der Waals surface area contributed by atoms with Crippen LogP contribution in [0.15, 0.2) is 182 Å². The summed E-state index contributed by atoms with van der Waals surface area (Å²) in [5.41, 5.74) is 11.0. The summed E-state index contributed by atoms with van der Waals surface area (Å²) in [7, 11) is 0. The van der Waals surface area contributed by atoms with E-state index in [-0.39, 0.29) is 0 Å². The molecule has 8 aromatic carbocycles. The Labute approximate surface area is 296 Å². The summed E-state index contributed by atoms with van der Waals surface area (Å²) in [4.78, 5) is 17.7. The van der Waals surface area contributed by atoms with Crippen molar-refractivity contribution in [3.63, 3.8) is 0 Å². The van der Waals surface area contributed by atoms with Gasteiger partial charge in [0, 0.05) is 33.3 Å². The fourth-order valence-corrected chi connectivity index (χ4v) is 7.50. The molecule has 1 aliphatic rings. The van der Waals surface area contributed by atoms with E-state index in [1.165, 1.54) is 38.4 Å². The summed E-state index contributed by atoms with van der Waals surface area (Å²) in [5, 5.41) is 4.68. The van der Waals surface area contributed by atoms with Gasteiger partial charge in [0.1, 0.15) is 0 Å². The summed E-state index contributed by atoms with van der Waals surface area (Å²) >= 11 is 0. The molecule has 4 nitrogen and oxygen atoms in total. The SMILES string of the molecule is c1ccc(-c2nc(-c3ccccc3)nc(-c3ccc4c5c(cccc35)-c3c(-c5ccccc5)cccc3N4c3ccc4ccccc4c3)n2)cc1. The van der Waals surface area contributed by atoms with Gasteiger partial charge in [-0.25, -0.2) is 15.0 Å². The highest BCUT2D eigenvalue weighted by Gasteiger charge is 2.29. The van der Waals surface area contributed by atoms with Crippen LogP contribution in [0.1, 0.15) is 0 Å². The molecule has 238 valence electrons. The van der Waals surface area contributed by atoms with Crippen molar-refractivity contribution in [1.29, 1.82) is 0 Å². The van der Waals surface area contributed by atoms with Crippen molar-refractivity contribution in [2.24, 2.45) is 0 Å². The van der Waals surface area contributed by atoms with Crippen molar-refractivity contribution < 1.29 is 0 Å². The quantitative estimate of drug-likeness (QED) is 0.186. The number of rotatable bonds is 5. The molecule has 0 amide bonds. The Morgan fingerprint density at radius 3 is 1.65 bits per heavy atom. The lowest BCUT2D eigenvalue weighted by atomic mass is 9.85. The topological polar surface area (TPSA) is 41.9 Å². The summed E-state index contributed by atoms with van der Waals surface area (Å²) in [6.45, 7) is 0. The molecule has 0 bridgehead atoms. The van der Waals surface area contributed by atoms with E-state index in [9.17, 15) is 0 Å². The van der Waals surface area contributed by atoms with Gasteiger partial charge >= 0.3 is 0 Å². The lowest BCUT2D eigenvalue weighted by Gasteiger charge is -2.35. The lowest BCUT2D eigenvalue weighted by molar-refractivity contribution is 1.08. The van der Waals surface area contributed by atoms with E-state index < -0.39 is 0 Å². The van der Waals surface area contributed by atoms with E-state index >= 15 is 0 Å². The molecule has 0 saturated heterocycles. The average Bonchev–Trinajstić information content (AvgIpc) is 3.21. The summed E-state index contributed by atoms with van der Waals surface area (Å²) in [6.07, 6.45) is 0. The molecule has 0 fully saturated rings. The maximum atomic E-state index is 5.14. The Hall–Kier alpha value is -6.91. The van der Waals surface area contributed by atoms with E-state index in [4.69, 9.17) is 15.0 Å². The van der Waals surface area contributed by atoms with E-state index in [2.05, 4.69) is 150 Å². The first-order valence-electron chi connectivity index (χ1n) is 17.2. The minimum absolute atomic E-state index is 0.644. The van der Waals surface area contributed by atoms with Crippen LogP contribution in [-0.4, -0.2) is 15.0 Å². The minimum Gasteiger partial charge on any atom is -0.309 e. The first-order chi connectivity index (χ1) is 25.3. The Kier molecular flexibility index (Phi) is 6.78. The summed E-state index contributed by atoms with van der Waals surface area (Å²) < 4.78 is 0. The van der Waals surface area contributed by atoms with Crippen molar-refractivity contribution in [2.75, 3.05) is 4.90 Å². The van der Waals surface area contributed by atoms with Crippen LogP contribution in [0.4, 0.5) is 17.1 Å². The number of hydrogen-bond acceptors (Lipinski definition) is 4. The normalized spacial score (nSPS) is 11.9. The van der Waals surface area contributed by atoms with Gasteiger partial charge in [0.15, 0.2) is 17.5 Å². The fourth-order valence-electron chi connectivity index (χ4n) is 7.50. The molecular formula is C47H30N4. The van der Waals surface area contributed by atoms with Crippen LogP contribution in [0.3, 0.4) is 0 Å². The molecule has 0 radical (unpaired) electrons. The highest BCUT2D eigenvalue weighted by Crippen LogP contribution is 2.55. The smallest absolute Gasteiger partial charge is 0.164 e. The van der Waals surface area contributed by atoms with Gasteiger partial charge < -0.3 is 4.90 Å². The Bertz CT molecular complexity index is 2680. The van der Waals surface area contributed by atoms with Crippen molar-refractivity contribution in [3.8, 4) is 56.4 Å². The van der Waals surface area contributed by atoms with Gasteiger partial charge in [-0.05, 0) is 63.2 Å². The molecular weight excluding hydrogens is 621 g/mol. The second kappa shape index (κ2) is 11.9. The van der Waals surface area contributed by atoms with Crippen LogP contribution in [0.5, 0.6) is 0 Å². The van der Waals surface area contributed by atoms with Gasteiger partial charge in [-0.1, -0.05) is 152 Å². The molecule has 0 N–H and O–H groups in total. The first kappa shape index (κ1) is 29.0. The highest BCUT2D eigenvalue weighted by atomic mass is 15.2. The van der Waals surface area contributed by atoms with Crippen molar-refractivity contribution in [1.82, 2.24) is 15.0 Å². The van der Waals surface area contributed by atoms with E-state index in [0.717, 1.165) is 39.1 Å². The Balaban J connectivity index is 1.27. The van der Waals surface area contributed by atoms with Gasteiger partial charge in [0.25, 0.3) is 0 Å². The molecule has 4 heteroatoms. The first-order valence-corrected chi connectivity index (χ1v) is 17.2. The highest BCUT2D eigenvalue weighted by molar-refractivity contribution is 6.19. The summed E-state index contributed by atoms with van der Waals surface area (Å²) in [6, 6.07) is 64.0. The molecule has 0 atom stereocenters. The number of hydrogen-bond donors (Lipinski definition) is 0. The summed E-state index contributed by atoms with van der Waals surface area (Å²) in [5.74, 6) is 1.94. The van der Waals surface area contributed by atoms with Crippen LogP contribution in [0, 0.1) is 0 Å². The molecule has 2 heterocycles. The molecule has 9 aromatic rings. The Morgan fingerprint density at radius 2 is 0.941 bits per heavy atom. The molecule has 1 aliphatic heterocycles. The molecule has 0 aliphatic carbocycles. The van der Waals surface area contributed by atoms with Gasteiger partial charge in [0.2, 0.25) is 0 Å². The van der Waals surface area contributed by atoms with Gasteiger partial charge in [-0.3, -0.25) is 0 Å². The van der Waals surface area contributed by atoms with Crippen LogP contribution in [-0.2, 0) is 0 Å². The zero-order valence-electron chi connectivity index (χ0n) is 27.6. The predicted molar refractivity (Wildman–Crippen MR) is 210 cm³/mol. The standard InChI is InChI=1S/C47H30N4/c1-4-15-32(16-5-1)37-22-13-25-41-43(37)40-24-12-23-38-39(28-29-42(44(38)40)51(41)36-27-26-31-14-10-11-21-35(31)30-36)47-49-45(33-17-6-2-7-18-33)48-46(50-47)34-19-8-3-9-20-34/h1-30H. The number of nitrogens with zero attached hydrogens (tertiary/aromatic N) is 4. The monoisotopic (exact) mass is 650 g/mol. The van der Waals surface area contributed by atoms with E-state index in [1.807, 2.05) is 36.4 Å². The number of fused-ring (bicyclic) bond motifs is 3. The van der Waals surface area contributed by atoms with Crippen molar-refractivity contribution in [3.05, 3.63) is 182 Å². The van der Waals surface area contributed by atoms with Gasteiger partial charge in [-0.2, -0.15) is 0 Å². The maximum absolute atomic E-state index is 5.14. The number of anilines is 3. The third-order valence-electron chi connectivity index (χ3n) is 9.83. The largest absolute Gasteiger partial charge is 0.309 e. The van der Waals surface area contributed by atoms with Gasteiger partial charge in [0.05, 0.1) is 11.4 Å². The van der Waals surface area contributed by atoms with E-state index in [1.54, 1.807) is 0 Å². The molecule has 51 heavy (non-hydrogen) atoms. The average molecular weight is 651 g/mol. The zero-order chi connectivity index (χ0) is 33.7. The van der Waals surface area contributed by atoms with E-state index in [0.29, 0.717) is 17.5 Å². The van der Waals surface area contributed by atoms with Crippen LogP contribution in [0.25, 0.3) is 78.0 Å². The third-order valence-corrected chi connectivity index (χ3v) is 9.83. The Morgan fingerprint density at radius 1 is 0.353 bits per heavy atom. The molecule has 0 unspecified atom stereocenters. The zero-order valence-corrected chi connectivity index (χ0v) is 27.6. The van der Waals surface area contributed by atoms with Gasteiger partial charge in [-0.15, -0.1) is 0 Å². The minimum atomic E-state index is 0.644. The predicted octanol–water partition coefficient (Wildman–Crippen LogP) is 12.3. The second-order valence-electron chi connectivity index (χ2n) is 12.8. The van der Waals surface area contributed by atoms with Crippen molar-refractivity contribution >= 4 is 38.6 Å². The number of benzene rings is 8.